The van der Waals surface area contributed by atoms with E-state index in [0.717, 1.165) is 30.3 Å². The number of aromatic nitrogens is 1. The Morgan fingerprint density at radius 1 is 1.28 bits per heavy atom. The summed E-state index contributed by atoms with van der Waals surface area (Å²) in [4.78, 5) is 6.92. The van der Waals surface area contributed by atoms with E-state index in [1.165, 1.54) is 5.56 Å². The molecule has 0 amide bonds. The van der Waals surface area contributed by atoms with Gasteiger partial charge in [-0.1, -0.05) is 30.3 Å². The number of benzene rings is 1. The third-order valence-electron chi connectivity index (χ3n) is 2.81. The fourth-order valence-electron chi connectivity index (χ4n) is 1.82. The molecule has 0 radical (unpaired) electrons. The highest BCUT2D eigenvalue weighted by Crippen LogP contribution is 2.22. The maximum absolute atomic E-state index is 5.55. The fourth-order valence-corrected chi connectivity index (χ4v) is 2.75. The van der Waals surface area contributed by atoms with Gasteiger partial charge < -0.3 is 10.6 Å². The summed E-state index contributed by atoms with van der Waals surface area (Å²) in [5.74, 6) is 0. The van der Waals surface area contributed by atoms with E-state index in [4.69, 9.17) is 5.73 Å². The lowest BCUT2D eigenvalue weighted by atomic mass is 10.2. The van der Waals surface area contributed by atoms with Crippen LogP contribution in [0.3, 0.4) is 0 Å². The molecule has 2 N–H and O–H groups in total. The monoisotopic (exact) mass is 261 g/mol. The van der Waals surface area contributed by atoms with Crippen LogP contribution in [0.15, 0.2) is 35.7 Å². The SMILES string of the molecule is CCN(Cc1ccccc1)c1nc(CCN)cs1. The largest absolute Gasteiger partial charge is 0.344 e. The number of hydrogen-bond acceptors (Lipinski definition) is 4. The summed E-state index contributed by atoms with van der Waals surface area (Å²) in [6, 6.07) is 10.5. The Hall–Kier alpha value is -1.39. The van der Waals surface area contributed by atoms with E-state index in [2.05, 4.69) is 46.5 Å². The molecule has 0 spiro atoms. The van der Waals surface area contributed by atoms with Gasteiger partial charge in [0.25, 0.3) is 0 Å². The number of nitrogens with two attached hydrogens (primary N) is 1. The van der Waals surface area contributed by atoms with E-state index < -0.39 is 0 Å². The number of thiazole rings is 1. The van der Waals surface area contributed by atoms with Crippen molar-refractivity contribution in [2.45, 2.75) is 19.9 Å². The third-order valence-corrected chi connectivity index (χ3v) is 3.76. The van der Waals surface area contributed by atoms with Gasteiger partial charge in [-0.3, -0.25) is 0 Å². The van der Waals surface area contributed by atoms with Crippen molar-refractivity contribution in [3.8, 4) is 0 Å². The molecule has 0 saturated heterocycles. The molecule has 1 heterocycles. The highest BCUT2D eigenvalue weighted by Gasteiger charge is 2.09. The van der Waals surface area contributed by atoms with E-state index >= 15 is 0 Å². The van der Waals surface area contributed by atoms with Gasteiger partial charge >= 0.3 is 0 Å². The Morgan fingerprint density at radius 3 is 2.72 bits per heavy atom. The van der Waals surface area contributed by atoms with Gasteiger partial charge in [0.15, 0.2) is 5.13 Å². The average molecular weight is 261 g/mol. The van der Waals surface area contributed by atoms with Crippen LogP contribution in [-0.4, -0.2) is 18.1 Å². The van der Waals surface area contributed by atoms with Gasteiger partial charge in [-0.2, -0.15) is 0 Å². The summed E-state index contributed by atoms with van der Waals surface area (Å²) in [6.07, 6.45) is 0.861. The van der Waals surface area contributed by atoms with Crippen LogP contribution >= 0.6 is 11.3 Å². The van der Waals surface area contributed by atoms with Crippen molar-refractivity contribution in [2.24, 2.45) is 5.73 Å². The first-order valence-corrected chi connectivity index (χ1v) is 7.14. The Kier molecular flexibility index (Phi) is 4.73. The maximum Gasteiger partial charge on any atom is 0.185 e. The minimum atomic E-state index is 0.661. The molecule has 0 bridgehead atoms. The highest BCUT2D eigenvalue weighted by atomic mass is 32.1. The van der Waals surface area contributed by atoms with Gasteiger partial charge in [0.2, 0.25) is 0 Å². The van der Waals surface area contributed by atoms with E-state index in [-0.39, 0.29) is 0 Å². The lowest BCUT2D eigenvalue weighted by Gasteiger charge is -2.19. The Balaban J connectivity index is 2.08. The maximum atomic E-state index is 5.55. The molecule has 2 rings (SSSR count). The summed E-state index contributed by atoms with van der Waals surface area (Å²) in [6.45, 7) is 4.69. The molecule has 0 fully saturated rings. The fraction of sp³-hybridized carbons (Fsp3) is 0.357. The van der Waals surface area contributed by atoms with Crippen LogP contribution in [0.4, 0.5) is 5.13 Å². The molecule has 2 aromatic rings. The summed E-state index contributed by atoms with van der Waals surface area (Å²) < 4.78 is 0. The number of hydrogen-bond donors (Lipinski definition) is 1. The zero-order chi connectivity index (χ0) is 12.8. The van der Waals surface area contributed by atoms with Crippen molar-refractivity contribution < 1.29 is 0 Å². The molecule has 4 heteroatoms. The Morgan fingerprint density at radius 2 is 2.06 bits per heavy atom. The molecule has 0 saturated carbocycles. The predicted molar refractivity (Wildman–Crippen MR) is 78.0 cm³/mol. The van der Waals surface area contributed by atoms with Crippen molar-refractivity contribution in [3.05, 3.63) is 47.0 Å². The van der Waals surface area contributed by atoms with Crippen LogP contribution in [0, 0.1) is 0 Å². The van der Waals surface area contributed by atoms with Crippen molar-refractivity contribution >= 4 is 16.5 Å². The predicted octanol–water partition coefficient (Wildman–Crippen LogP) is 2.67. The Bertz CT molecular complexity index is 467. The van der Waals surface area contributed by atoms with Crippen molar-refractivity contribution in [1.82, 2.24) is 4.98 Å². The molecule has 0 atom stereocenters. The lowest BCUT2D eigenvalue weighted by molar-refractivity contribution is 0.818. The quantitative estimate of drug-likeness (QED) is 0.869. The molecule has 0 aliphatic heterocycles. The summed E-state index contributed by atoms with van der Waals surface area (Å²) in [5.41, 5.74) is 7.97. The van der Waals surface area contributed by atoms with Crippen molar-refractivity contribution in [1.29, 1.82) is 0 Å². The van der Waals surface area contributed by atoms with Crippen molar-refractivity contribution in [2.75, 3.05) is 18.0 Å². The molecule has 3 nitrogen and oxygen atoms in total. The first-order valence-electron chi connectivity index (χ1n) is 6.26. The van der Waals surface area contributed by atoms with Crippen LogP contribution in [0.1, 0.15) is 18.2 Å². The van der Waals surface area contributed by atoms with Crippen LogP contribution in [0.2, 0.25) is 0 Å². The molecule has 0 aliphatic rings. The van der Waals surface area contributed by atoms with Gasteiger partial charge in [-0.05, 0) is 19.0 Å². The van der Waals surface area contributed by atoms with Gasteiger partial charge in [0.1, 0.15) is 0 Å². The van der Waals surface area contributed by atoms with Gasteiger partial charge in [-0.25, -0.2) is 4.98 Å². The molecule has 0 aliphatic carbocycles. The van der Waals surface area contributed by atoms with Crippen LogP contribution in [-0.2, 0) is 13.0 Å². The molecule has 1 aromatic heterocycles. The molecule has 1 aromatic carbocycles. The molecular formula is C14H19N3S. The van der Waals surface area contributed by atoms with E-state index in [1.807, 2.05) is 6.07 Å². The molecule has 18 heavy (non-hydrogen) atoms. The second-order valence-corrected chi connectivity index (χ2v) is 5.00. The molecule has 0 unspecified atom stereocenters. The van der Waals surface area contributed by atoms with Gasteiger partial charge in [0, 0.05) is 24.9 Å². The minimum Gasteiger partial charge on any atom is -0.344 e. The van der Waals surface area contributed by atoms with E-state index in [9.17, 15) is 0 Å². The molecular weight excluding hydrogens is 242 g/mol. The van der Waals surface area contributed by atoms with E-state index in [0.29, 0.717) is 6.54 Å². The van der Waals surface area contributed by atoms with Crippen molar-refractivity contribution in [3.63, 3.8) is 0 Å². The second-order valence-electron chi connectivity index (χ2n) is 4.16. The standard InChI is InChI=1S/C14H19N3S/c1-2-17(10-12-6-4-3-5-7-12)14-16-13(8-9-15)11-18-14/h3-7,11H,2,8-10,15H2,1H3. The highest BCUT2D eigenvalue weighted by molar-refractivity contribution is 7.13. The summed E-state index contributed by atoms with van der Waals surface area (Å²) in [5, 5.41) is 3.19. The lowest BCUT2D eigenvalue weighted by Crippen LogP contribution is -2.21. The topological polar surface area (TPSA) is 42.2 Å². The summed E-state index contributed by atoms with van der Waals surface area (Å²) >= 11 is 1.70. The minimum absolute atomic E-state index is 0.661. The van der Waals surface area contributed by atoms with Crippen LogP contribution < -0.4 is 10.6 Å². The van der Waals surface area contributed by atoms with E-state index in [1.54, 1.807) is 11.3 Å². The van der Waals surface area contributed by atoms with Crippen LogP contribution in [0.5, 0.6) is 0 Å². The Labute approximate surface area is 112 Å². The normalized spacial score (nSPS) is 10.6. The van der Waals surface area contributed by atoms with Crippen LogP contribution in [0.25, 0.3) is 0 Å². The first kappa shape index (κ1) is 13.1. The smallest absolute Gasteiger partial charge is 0.185 e. The number of rotatable bonds is 6. The molecule has 96 valence electrons. The number of nitrogens with zero attached hydrogens (tertiary/aromatic N) is 2. The van der Waals surface area contributed by atoms with Gasteiger partial charge in [0.05, 0.1) is 5.69 Å². The first-order chi connectivity index (χ1) is 8.83. The third kappa shape index (κ3) is 3.31. The van der Waals surface area contributed by atoms with Gasteiger partial charge in [-0.15, -0.1) is 11.3 Å². The summed E-state index contributed by atoms with van der Waals surface area (Å²) in [7, 11) is 0. The number of anilines is 1. The second kappa shape index (κ2) is 6.52. The zero-order valence-corrected chi connectivity index (χ0v) is 11.5. The average Bonchev–Trinajstić information content (AvgIpc) is 2.86. The zero-order valence-electron chi connectivity index (χ0n) is 10.7.